The Morgan fingerprint density at radius 1 is 1.50 bits per heavy atom. The molecule has 0 saturated heterocycles. The zero-order valence-electron chi connectivity index (χ0n) is 5.59. The molecule has 1 N–H and O–H groups in total. The highest BCUT2D eigenvalue weighted by atomic mass is 14.9. The first-order valence-electron chi connectivity index (χ1n) is 3.38. The third kappa shape index (κ3) is 0.798. The van der Waals surface area contributed by atoms with Crippen molar-refractivity contribution in [3.05, 3.63) is 35.9 Å². The van der Waals surface area contributed by atoms with Gasteiger partial charge in [0.25, 0.3) is 0 Å². The quantitative estimate of drug-likeness (QED) is 0.565. The zero-order valence-corrected chi connectivity index (χ0v) is 5.59. The lowest BCUT2D eigenvalue weighted by molar-refractivity contribution is 1.31. The summed E-state index contributed by atoms with van der Waals surface area (Å²) < 4.78 is 0. The zero-order chi connectivity index (χ0) is 6.81. The highest BCUT2D eigenvalue weighted by Crippen LogP contribution is 2.18. The van der Waals surface area contributed by atoms with Gasteiger partial charge in [0, 0.05) is 17.8 Å². The van der Waals surface area contributed by atoms with Crippen molar-refractivity contribution in [1.29, 1.82) is 0 Å². The van der Waals surface area contributed by atoms with Gasteiger partial charge in [0.1, 0.15) is 0 Å². The van der Waals surface area contributed by atoms with E-state index in [1.165, 1.54) is 5.69 Å². The molecule has 1 nitrogen and oxygen atoms in total. The van der Waals surface area contributed by atoms with E-state index in [-0.39, 0.29) is 0 Å². The second-order valence-corrected chi connectivity index (χ2v) is 2.28. The highest BCUT2D eigenvalue weighted by molar-refractivity contribution is 5.69. The van der Waals surface area contributed by atoms with Crippen molar-refractivity contribution < 1.29 is 0 Å². The molecule has 1 heterocycles. The first kappa shape index (κ1) is 5.54. The Bertz CT molecular complexity index is 263. The maximum absolute atomic E-state index is 3.24. The second kappa shape index (κ2) is 2.18. The lowest BCUT2D eigenvalue weighted by Crippen LogP contribution is -2.03. The van der Waals surface area contributed by atoms with E-state index in [0.717, 1.165) is 12.1 Å². The van der Waals surface area contributed by atoms with E-state index in [1.54, 1.807) is 0 Å². The minimum atomic E-state index is 0.935. The van der Waals surface area contributed by atoms with Crippen LogP contribution < -0.4 is 5.32 Å². The lowest BCUT2D eigenvalue weighted by Gasteiger charge is -2.10. The first-order valence-corrected chi connectivity index (χ1v) is 3.38. The summed E-state index contributed by atoms with van der Waals surface area (Å²) in [5.74, 6) is 0. The number of anilines is 1. The number of hydrogen-bond acceptors (Lipinski definition) is 1. The third-order valence-electron chi connectivity index (χ3n) is 1.58. The SMILES string of the molecule is [c]1cccc2c1C=CCN2. The van der Waals surface area contributed by atoms with Gasteiger partial charge in [0.2, 0.25) is 0 Å². The predicted molar refractivity (Wildman–Crippen MR) is 42.8 cm³/mol. The van der Waals surface area contributed by atoms with Gasteiger partial charge < -0.3 is 5.32 Å². The van der Waals surface area contributed by atoms with Gasteiger partial charge in [0.05, 0.1) is 0 Å². The molecule has 0 bridgehead atoms. The molecule has 1 radical (unpaired) electrons. The lowest BCUT2D eigenvalue weighted by atomic mass is 10.1. The van der Waals surface area contributed by atoms with Crippen LogP contribution in [0, 0.1) is 6.07 Å². The summed E-state index contributed by atoms with van der Waals surface area (Å²) in [5, 5.41) is 3.24. The molecule has 2 rings (SSSR count). The smallest absolute Gasteiger partial charge is 0.0422 e. The number of fused-ring (bicyclic) bond motifs is 1. The Morgan fingerprint density at radius 2 is 2.50 bits per heavy atom. The van der Waals surface area contributed by atoms with Gasteiger partial charge in [-0.2, -0.15) is 0 Å². The molecule has 0 saturated carbocycles. The summed E-state index contributed by atoms with van der Waals surface area (Å²) in [5.41, 5.74) is 2.35. The van der Waals surface area contributed by atoms with Gasteiger partial charge in [0.15, 0.2) is 0 Å². The molecule has 0 unspecified atom stereocenters. The first-order chi connectivity index (χ1) is 4.97. The molecule has 1 aliphatic heterocycles. The normalized spacial score (nSPS) is 14.0. The Hall–Kier alpha value is -1.24. The van der Waals surface area contributed by atoms with Gasteiger partial charge in [-0.25, -0.2) is 0 Å². The van der Waals surface area contributed by atoms with Gasteiger partial charge in [-0.05, 0) is 12.1 Å². The van der Waals surface area contributed by atoms with Crippen LogP contribution in [0.25, 0.3) is 6.08 Å². The Balaban J connectivity index is 2.54. The van der Waals surface area contributed by atoms with Crippen molar-refractivity contribution in [2.24, 2.45) is 0 Å². The average Bonchev–Trinajstić information content (AvgIpc) is 2.05. The van der Waals surface area contributed by atoms with Crippen LogP contribution in [-0.4, -0.2) is 6.54 Å². The van der Waals surface area contributed by atoms with Crippen LogP contribution in [0.3, 0.4) is 0 Å². The molecule has 1 heteroatoms. The minimum absolute atomic E-state index is 0.935. The van der Waals surface area contributed by atoms with E-state index in [2.05, 4.69) is 29.6 Å². The number of hydrogen-bond donors (Lipinski definition) is 1. The number of nitrogens with one attached hydrogen (secondary N) is 1. The van der Waals surface area contributed by atoms with Crippen LogP contribution in [0.2, 0.25) is 0 Å². The molecular weight excluding hydrogens is 122 g/mol. The van der Waals surface area contributed by atoms with Crippen molar-refractivity contribution in [1.82, 2.24) is 0 Å². The van der Waals surface area contributed by atoms with Crippen LogP contribution in [0.15, 0.2) is 24.3 Å². The molecule has 0 fully saturated rings. The minimum Gasteiger partial charge on any atom is -0.381 e. The van der Waals surface area contributed by atoms with Crippen molar-refractivity contribution in [2.45, 2.75) is 0 Å². The molecule has 49 valence electrons. The Kier molecular flexibility index (Phi) is 1.21. The van der Waals surface area contributed by atoms with Crippen LogP contribution >= 0.6 is 0 Å². The number of rotatable bonds is 0. The van der Waals surface area contributed by atoms with E-state index in [1.807, 2.05) is 12.1 Å². The molecule has 10 heavy (non-hydrogen) atoms. The summed E-state index contributed by atoms with van der Waals surface area (Å²) in [7, 11) is 0. The van der Waals surface area contributed by atoms with Crippen LogP contribution in [0.4, 0.5) is 5.69 Å². The topological polar surface area (TPSA) is 12.0 Å². The summed E-state index contributed by atoms with van der Waals surface area (Å²) in [4.78, 5) is 0. The molecular formula is C9H8N. The van der Waals surface area contributed by atoms with Gasteiger partial charge >= 0.3 is 0 Å². The van der Waals surface area contributed by atoms with Crippen LogP contribution in [0.1, 0.15) is 5.56 Å². The molecule has 1 aromatic carbocycles. The highest BCUT2D eigenvalue weighted by Gasteiger charge is 1.99. The standard InChI is InChI=1S/C9H8N/c1-2-6-9-8(4-1)5-3-7-10-9/h1-3,5-6,10H,7H2. The van der Waals surface area contributed by atoms with Gasteiger partial charge in [-0.3, -0.25) is 0 Å². The van der Waals surface area contributed by atoms with Crippen LogP contribution in [0.5, 0.6) is 0 Å². The van der Waals surface area contributed by atoms with E-state index in [9.17, 15) is 0 Å². The van der Waals surface area contributed by atoms with E-state index < -0.39 is 0 Å². The molecule has 0 amide bonds. The number of benzene rings is 1. The fourth-order valence-corrected chi connectivity index (χ4v) is 1.09. The molecule has 0 aliphatic carbocycles. The fourth-order valence-electron chi connectivity index (χ4n) is 1.09. The third-order valence-corrected chi connectivity index (χ3v) is 1.58. The summed E-state index contributed by atoms with van der Waals surface area (Å²) in [6.07, 6.45) is 4.19. The monoisotopic (exact) mass is 130 g/mol. The maximum Gasteiger partial charge on any atom is 0.0422 e. The van der Waals surface area contributed by atoms with E-state index in [4.69, 9.17) is 0 Å². The largest absolute Gasteiger partial charge is 0.381 e. The van der Waals surface area contributed by atoms with Crippen molar-refractivity contribution >= 4 is 11.8 Å². The predicted octanol–water partition coefficient (Wildman–Crippen LogP) is 1.93. The van der Waals surface area contributed by atoms with E-state index >= 15 is 0 Å². The average molecular weight is 130 g/mol. The molecule has 0 atom stereocenters. The summed E-state index contributed by atoms with van der Waals surface area (Å²) in [6, 6.07) is 9.12. The van der Waals surface area contributed by atoms with Crippen molar-refractivity contribution in [2.75, 3.05) is 11.9 Å². The Labute approximate surface area is 60.4 Å². The van der Waals surface area contributed by atoms with E-state index in [0.29, 0.717) is 0 Å². The fraction of sp³-hybridized carbons (Fsp3) is 0.111. The molecule has 1 aromatic rings. The van der Waals surface area contributed by atoms with Gasteiger partial charge in [-0.15, -0.1) is 0 Å². The van der Waals surface area contributed by atoms with Gasteiger partial charge in [-0.1, -0.05) is 24.3 Å². The van der Waals surface area contributed by atoms with Crippen LogP contribution in [-0.2, 0) is 0 Å². The van der Waals surface area contributed by atoms with Crippen molar-refractivity contribution in [3.8, 4) is 0 Å². The maximum atomic E-state index is 3.24. The van der Waals surface area contributed by atoms with Crippen molar-refractivity contribution in [3.63, 3.8) is 0 Å². The second-order valence-electron chi connectivity index (χ2n) is 2.28. The molecule has 0 aromatic heterocycles. The molecule has 0 spiro atoms. The Morgan fingerprint density at radius 3 is 3.40 bits per heavy atom. The summed E-state index contributed by atoms with van der Waals surface area (Å²) in [6.45, 7) is 0.935. The molecule has 1 aliphatic rings. The summed E-state index contributed by atoms with van der Waals surface area (Å²) >= 11 is 0.